The molecule has 17 heavy (non-hydrogen) atoms. The zero-order chi connectivity index (χ0) is 12.6. The van der Waals surface area contributed by atoms with E-state index in [-0.39, 0.29) is 6.04 Å². The maximum atomic E-state index is 5.78. The highest BCUT2D eigenvalue weighted by Gasteiger charge is 2.18. The molecule has 2 rings (SSSR count). The van der Waals surface area contributed by atoms with Crippen LogP contribution < -0.4 is 5.73 Å². The molecule has 4 nitrogen and oxygen atoms in total. The molecule has 4 heteroatoms. The molecule has 0 amide bonds. The van der Waals surface area contributed by atoms with Gasteiger partial charge in [-0.05, 0) is 25.5 Å². The van der Waals surface area contributed by atoms with Gasteiger partial charge in [0.1, 0.15) is 11.3 Å². The minimum absolute atomic E-state index is 0.229. The second-order valence-corrected chi connectivity index (χ2v) is 4.93. The van der Waals surface area contributed by atoms with Crippen LogP contribution in [0.5, 0.6) is 0 Å². The van der Waals surface area contributed by atoms with Crippen LogP contribution in [-0.4, -0.2) is 21.1 Å². The Morgan fingerprint density at radius 2 is 2.06 bits per heavy atom. The Hall–Kier alpha value is -1.42. The molecule has 1 unspecified atom stereocenters. The fourth-order valence-corrected chi connectivity index (χ4v) is 2.05. The molecule has 0 aliphatic rings. The fraction of sp³-hybridized carbons (Fsp3) is 0.538. The number of aromatic nitrogens is 3. The Bertz CT molecular complexity index is 527. The van der Waals surface area contributed by atoms with Crippen molar-refractivity contribution in [2.75, 3.05) is 6.54 Å². The average Bonchev–Trinajstić information content (AvgIpc) is 2.66. The van der Waals surface area contributed by atoms with E-state index in [1.807, 2.05) is 13.1 Å². The molecule has 0 bridgehead atoms. The van der Waals surface area contributed by atoms with Crippen LogP contribution >= 0.6 is 0 Å². The first-order valence-electron chi connectivity index (χ1n) is 6.09. The molecule has 2 heterocycles. The lowest BCUT2D eigenvalue weighted by Gasteiger charge is -2.16. The van der Waals surface area contributed by atoms with Crippen LogP contribution in [0.1, 0.15) is 44.1 Å². The normalized spacial score (nSPS) is 13.5. The van der Waals surface area contributed by atoms with Crippen molar-refractivity contribution >= 4 is 11.2 Å². The first kappa shape index (κ1) is 12.0. The zero-order valence-electron chi connectivity index (χ0n) is 10.9. The van der Waals surface area contributed by atoms with Gasteiger partial charge in [-0.1, -0.05) is 13.8 Å². The third-order valence-corrected chi connectivity index (χ3v) is 2.99. The van der Waals surface area contributed by atoms with E-state index in [1.54, 1.807) is 0 Å². The number of hydrogen-bond acceptors (Lipinski definition) is 3. The van der Waals surface area contributed by atoms with Gasteiger partial charge in [-0.2, -0.15) is 0 Å². The van der Waals surface area contributed by atoms with Gasteiger partial charge in [-0.15, -0.1) is 0 Å². The summed E-state index contributed by atoms with van der Waals surface area (Å²) >= 11 is 0. The number of nitrogens with zero attached hydrogens (tertiary/aromatic N) is 3. The first-order chi connectivity index (χ1) is 8.04. The first-order valence-corrected chi connectivity index (χ1v) is 6.09. The molecule has 0 saturated heterocycles. The lowest BCUT2D eigenvalue weighted by molar-refractivity contribution is 0.529. The third kappa shape index (κ3) is 2.05. The Morgan fingerprint density at radius 1 is 1.35 bits per heavy atom. The largest absolute Gasteiger partial charge is 0.328 e. The van der Waals surface area contributed by atoms with Crippen LogP contribution in [0.2, 0.25) is 0 Å². The summed E-state index contributed by atoms with van der Waals surface area (Å²) < 4.78 is 2.17. The second kappa shape index (κ2) is 4.45. The Kier molecular flexibility index (Phi) is 3.15. The molecule has 92 valence electrons. The van der Waals surface area contributed by atoms with Crippen LogP contribution in [0.15, 0.2) is 12.3 Å². The van der Waals surface area contributed by atoms with Crippen molar-refractivity contribution in [2.45, 2.75) is 39.7 Å². The molecule has 0 saturated carbocycles. The topological polar surface area (TPSA) is 56.7 Å². The summed E-state index contributed by atoms with van der Waals surface area (Å²) in [5.74, 6) is 1.44. The number of pyridine rings is 1. The molecule has 0 aromatic carbocycles. The highest BCUT2D eigenvalue weighted by atomic mass is 15.2. The second-order valence-electron chi connectivity index (χ2n) is 4.93. The Balaban J connectivity index is 2.71. The van der Waals surface area contributed by atoms with Crippen molar-refractivity contribution in [3.63, 3.8) is 0 Å². The van der Waals surface area contributed by atoms with Crippen molar-refractivity contribution in [3.05, 3.63) is 23.7 Å². The highest BCUT2D eigenvalue weighted by molar-refractivity contribution is 5.72. The van der Waals surface area contributed by atoms with E-state index in [1.165, 1.54) is 0 Å². The van der Waals surface area contributed by atoms with E-state index in [2.05, 4.69) is 41.4 Å². The predicted octanol–water partition coefficient (Wildman–Crippen LogP) is 2.38. The van der Waals surface area contributed by atoms with Gasteiger partial charge in [0.15, 0.2) is 5.65 Å². The third-order valence-electron chi connectivity index (χ3n) is 2.99. The van der Waals surface area contributed by atoms with Gasteiger partial charge in [-0.25, -0.2) is 9.97 Å². The number of imidazole rings is 1. The van der Waals surface area contributed by atoms with E-state index in [4.69, 9.17) is 5.73 Å². The van der Waals surface area contributed by atoms with Gasteiger partial charge in [0.05, 0.1) is 0 Å². The molecular weight excluding hydrogens is 212 g/mol. The maximum absolute atomic E-state index is 5.78. The van der Waals surface area contributed by atoms with Crippen LogP contribution in [0.4, 0.5) is 0 Å². The summed E-state index contributed by atoms with van der Waals surface area (Å²) in [4.78, 5) is 9.18. The molecule has 0 aliphatic carbocycles. The molecule has 2 aromatic rings. The van der Waals surface area contributed by atoms with Crippen molar-refractivity contribution in [3.8, 4) is 0 Å². The average molecular weight is 232 g/mol. The summed E-state index contributed by atoms with van der Waals surface area (Å²) in [6.07, 6.45) is 1.88. The molecule has 0 aliphatic heterocycles. The molecule has 1 atom stereocenters. The van der Waals surface area contributed by atoms with Gasteiger partial charge < -0.3 is 10.3 Å². The highest BCUT2D eigenvalue weighted by Crippen LogP contribution is 2.24. The summed E-state index contributed by atoms with van der Waals surface area (Å²) in [5, 5.41) is 0. The monoisotopic (exact) mass is 232 g/mol. The van der Waals surface area contributed by atoms with Crippen molar-refractivity contribution < 1.29 is 0 Å². The number of nitrogens with two attached hydrogens (primary N) is 1. The van der Waals surface area contributed by atoms with Crippen LogP contribution in [0.25, 0.3) is 11.2 Å². The van der Waals surface area contributed by atoms with E-state index in [0.29, 0.717) is 12.5 Å². The number of hydrogen-bond donors (Lipinski definition) is 1. The molecule has 2 aromatic heterocycles. The lowest BCUT2D eigenvalue weighted by Crippen LogP contribution is -2.19. The summed E-state index contributed by atoms with van der Waals surface area (Å²) in [6, 6.07) is 2.31. The zero-order valence-corrected chi connectivity index (χ0v) is 10.9. The molecule has 0 spiro atoms. The minimum atomic E-state index is 0.229. The predicted molar refractivity (Wildman–Crippen MR) is 70.1 cm³/mol. The van der Waals surface area contributed by atoms with Gasteiger partial charge >= 0.3 is 0 Å². The number of rotatable bonds is 3. The summed E-state index contributed by atoms with van der Waals surface area (Å²) in [7, 11) is 0. The Morgan fingerprint density at radius 3 is 2.65 bits per heavy atom. The van der Waals surface area contributed by atoms with Crippen LogP contribution in [-0.2, 0) is 0 Å². The molecule has 0 fully saturated rings. The van der Waals surface area contributed by atoms with Crippen LogP contribution in [0, 0.1) is 6.92 Å². The fourth-order valence-electron chi connectivity index (χ4n) is 2.05. The van der Waals surface area contributed by atoms with Crippen molar-refractivity contribution in [1.29, 1.82) is 0 Å². The molecular formula is C13H20N4. The van der Waals surface area contributed by atoms with E-state index < -0.39 is 0 Å². The standard InChI is InChI=1S/C13H20N4/c1-8(2)12-16-11-5-9(3)7-15-13(11)17(12)10(4)6-14/h5,7-8,10H,6,14H2,1-4H3. The summed E-state index contributed by atoms with van der Waals surface area (Å²) in [5.41, 5.74) is 8.82. The van der Waals surface area contributed by atoms with Crippen LogP contribution in [0.3, 0.4) is 0 Å². The quantitative estimate of drug-likeness (QED) is 0.884. The Labute approximate surface area is 102 Å². The van der Waals surface area contributed by atoms with E-state index in [9.17, 15) is 0 Å². The smallest absolute Gasteiger partial charge is 0.160 e. The van der Waals surface area contributed by atoms with Gasteiger partial charge in [0.2, 0.25) is 0 Å². The van der Waals surface area contributed by atoms with Crippen molar-refractivity contribution in [2.24, 2.45) is 5.73 Å². The summed E-state index contributed by atoms with van der Waals surface area (Å²) in [6.45, 7) is 9.03. The van der Waals surface area contributed by atoms with Gasteiger partial charge in [0.25, 0.3) is 0 Å². The van der Waals surface area contributed by atoms with Gasteiger partial charge in [0, 0.05) is 24.7 Å². The van der Waals surface area contributed by atoms with Crippen molar-refractivity contribution in [1.82, 2.24) is 14.5 Å². The van der Waals surface area contributed by atoms with E-state index in [0.717, 1.165) is 22.6 Å². The lowest BCUT2D eigenvalue weighted by atomic mass is 10.2. The maximum Gasteiger partial charge on any atom is 0.160 e. The molecule has 0 radical (unpaired) electrons. The molecule has 2 N–H and O–H groups in total. The number of fused-ring (bicyclic) bond motifs is 1. The number of aryl methyl sites for hydroxylation is 1. The van der Waals surface area contributed by atoms with E-state index >= 15 is 0 Å². The SMILES string of the molecule is Cc1cnc2c(c1)nc(C(C)C)n2C(C)CN. The van der Waals surface area contributed by atoms with Gasteiger partial charge in [-0.3, -0.25) is 0 Å². The minimum Gasteiger partial charge on any atom is -0.328 e.